The van der Waals surface area contributed by atoms with Crippen LogP contribution in [0.1, 0.15) is 35.7 Å². The molecule has 3 rings (SSSR count). The summed E-state index contributed by atoms with van der Waals surface area (Å²) in [6.07, 6.45) is -2.06. The number of aliphatic carboxylic acids is 1. The lowest BCUT2D eigenvalue weighted by Gasteiger charge is -2.31. The average Bonchev–Trinajstić information content (AvgIpc) is 2.86. The highest BCUT2D eigenvalue weighted by Crippen LogP contribution is 2.29. The highest BCUT2D eigenvalue weighted by molar-refractivity contribution is 7.92. The number of sulfonamides is 1. The summed E-state index contributed by atoms with van der Waals surface area (Å²) in [6, 6.07) is 15.2. The van der Waals surface area contributed by atoms with E-state index in [0.717, 1.165) is 56.5 Å². The zero-order valence-corrected chi connectivity index (χ0v) is 22.1. The number of piperazine rings is 1. The van der Waals surface area contributed by atoms with Crippen molar-refractivity contribution in [1.29, 1.82) is 0 Å². The standard InChI is InChI=1S/C23H32N4O3S.C2HF3O2/c1-3-4-14-27(18-19-8-6-5-7-9-19)23(28)20-10-11-22(26-15-12-24-13-16-26)21(17-20)25-31(2,29)30;3-2(4,5)1(6)7/h5-11,17,24-25H,3-4,12-16,18H2,1-2H3;(H,6,7). The average molecular weight is 559 g/mol. The van der Waals surface area contributed by atoms with Gasteiger partial charge in [0.25, 0.3) is 5.91 Å². The van der Waals surface area contributed by atoms with Crippen molar-refractivity contribution < 1.29 is 36.3 Å². The lowest BCUT2D eigenvalue weighted by Crippen LogP contribution is -2.43. The minimum atomic E-state index is -5.08. The van der Waals surface area contributed by atoms with Crippen LogP contribution in [0.2, 0.25) is 0 Å². The molecule has 0 bridgehead atoms. The Labute approximate surface area is 220 Å². The molecule has 1 aliphatic rings. The van der Waals surface area contributed by atoms with E-state index in [9.17, 15) is 26.4 Å². The van der Waals surface area contributed by atoms with Crippen LogP contribution in [0.4, 0.5) is 24.5 Å². The van der Waals surface area contributed by atoms with E-state index in [-0.39, 0.29) is 5.91 Å². The van der Waals surface area contributed by atoms with Gasteiger partial charge in [-0.2, -0.15) is 13.2 Å². The molecule has 0 radical (unpaired) electrons. The summed E-state index contributed by atoms with van der Waals surface area (Å²) in [5, 5.41) is 10.4. The van der Waals surface area contributed by atoms with E-state index in [2.05, 4.69) is 21.9 Å². The molecule has 0 atom stereocenters. The molecule has 0 aromatic heterocycles. The van der Waals surface area contributed by atoms with Crippen molar-refractivity contribution in [3.63, 3.8) is 0 Å². The number of alkyl halides is 3. The number of carbonyl (C=O) groups excluding carboxylic acids is 1. The summed E-state index contributed by atoms with van der Waals surface area (Å²) in [6.45, 7) is 6.50. The molecule has 0 saturated carbocycles. The Morgan fingerprint density at radius 2 is 1.71 bits per heavy atom. The molecule has 210 valence electrons. The number of carbonyl (C=O) groups is 2. The first-order valence-corrected chi connectivity index (χ1v) is 13.9. The van der Waals surface area contributed by atoms with E-state index < -0.39 is 22.2 Å². The molecule has 0 aliphatic carbocycles. The predicted molar refractivity (Wildman–Crippen MR) is 140 cm³/mol. The number of benzene rings is 2. The van der Waals surface area contributed by atoms with E-state index in [4.69, 9.17) is 9.90 Å². The van der Waals surface area contributed by atoms with Gasteiger partial charge in [-0.1, -0.05) is 43.7 Å². The van der Waals surface area contributed by atoms with Gasteiger partial charge in [0.2, 0.25) is 10.0 Å². The number of unbranched alkanes of at least 4 members (excludes halogenated alkanes) is 1. The second-order valence-corrected chi connectivity index (χ2v) is 10.5. The van der Waals surface area contributed by atoms with Crippen molar-refractivity contribution >= 4 is 33.3 Å². The summed E-state index contributed by atoms with van der Waals surface area (Å²) in [5.41, 5.74) is 2.80. The quantitative estimate of drug-likeness (QED) is 0.431. The van der Waals surface area contributed by atoms with Crippen molar-refractivity contribution in [2.24, 2.45) is 0 Å². The molecule has 2 aromatic carbocycles. The molecule has 1 aliphatic heterocycles. The van der Waals surface area contributed by atoms with Crippen LogP contribution in [0.3, 0.4) is 0 Å². The number of rotatable bonds is 9. The van der Waals surface area contributed by atoms with Crippen LogP contribution in [0, 0.1) is 0 Å². The first-order valence-electron chi connectivity index (χ1n) is 12.0. The molecular formula is C25H33F3N4O5S. The third-order valence-corrected chi connectivity index (χ3v) is 6.11. The van der Waals surface area contributed by atoms with Crippen LogP contribution in [0.15, 0.2) is 48.5 Å². The minimum absolute atomic E-state index is 0.0966. The number of carboxylic acid groups (broad SMARTS) is 1. The first-order chi connectivity index (χ1) is 17.8. The molecule has 1 amide bonds. The Balaban J connectivity index is 0.000000638. The number of nitrogens with one attached hydrogen (secondary N) is 2. The second kappa shape index (κ2) is 14.0. The maximum atomic E-state index is 13.4. The lowest BCUT2D eigenvalue weighted by atomic mass is 10.1. The van der Waals surface area contributed by atoms with Crippen molar-refractivity contribution in [2.45, 2.75) is 32.5 Å². The molecule has 1 saturated heterocycles. The highest BCUT2D eigenvalue weighted by Gasteiger charge is 2.38. The number of hydrogen-bond donors (Lipinski definition) is 3. The maximum absolute atomic E-state index is 13.4. The molecule has 38 heavy (non-hydrogen) atoms. The van der Waals surface area contributed by atoms with Gasteiger partial charge in [-0.25, -0.2) is 13.2 Å². The molecule has 2 aromatic rings. The maximum Gasteiger partial charge on any atom is 0.490 e. The van der Waals surface area contributed by atoms with Gasteiger partial charge in [0.05, 0.1) is 17.6 Å². The number of halogens is 3. The summed E-state index contributed by atoms with van der Waals surface area (Å²) >= 11 is 0. The van der Waals surface area contributed by atoms with Crippen LogP contribution in [0.25, 0.3) is 0 Å². The van der Waals surface area contributed by atoms with Crippen LogP contribution in [0.5, 0.6) is 0 Å². The molecule has 13 heteroatoms. The number of carboxylic acids is 1. The molecule has 3 N–H and O–H groups in total. The van der Waals surface area contributed by atoms with E-state index in [0.29, 0.717) is 24.3 Å². The molecule has 1 fully saturated rings. The summed E-state index contributed by atoms with van der Waals surface area (Å²) in [4.78, 5) is 26.3. The summed E-state index contributed by atoms with van der Waals surface area (Å²) in [5.74, 6) is -2.85. The Hall–Kier alpha value is -3.32. The normalized spacial score (nSPS) is 13.8. The van der Waals surface area contributed by atoms with Gasteiger partial charge in [-0.05, 0) is 30.2 Å². The van der Waals surface area contributed by atoms with Crippen LogP contribution in [-0.4, -0.2) is 75.5 Å². The third kappa shape index (κ3) is 10.2. The van der Waals surface area contributed by atoms with Gasteiger partial charge < -0.3 is 20.2 Å². The SMILES string of the molecule is CCCCN(Cc1ccccc1)C(=O)c1ccc(N2CCNCC2)c(NS(C)(=O)=O)c1.O=C(O)C(F)(F)F. The molecule has 0 unspecified atom stereocenters. The van der Waals surface area contributed by atoms with Gasteiger partial charge in [0.15, 0.2) is 0 Å². The summed E-state index contributed by atoms with van der Waals surface area (Å²) < 4.78 is 58.3. The third-order valence-electron chi connectivity index (χ3n) is 5.52. The van der Waals surface area contributed by atoms with Gasteiger partial charge >= 0.3 is 12.1 Å². The fourth-order valence-electron chi connectivity index (χ4n) is 3.72. The highest BCUT2D eigenvalue weighted by atomic mass is 32.2. The largest absolute Gasteiger partial charge is 0.490 e. The van der Waals surface area contributed by atoms with Crippen molar-refractivity contribution in [3.05, 3.63) is 59.7 Å². The molecule has 1 heterocycles. The van der Waals surface area contributed by atoms with Crippen molar-refractivity contribution in [1.82, 2.24) is 10.2 Å². The van der Waals surface area contributed by atoms with E-state index in [1.165, 1.54) is 0 Å². The molecule has 0 spiro atoms. The lowest BCUT2D eigenvalue weighted by molar-refractivity contribution is -0.192. The van der Waals surface area contributed by atoms with Crippen LogP contribution >= 0.6 is 0 Å². The number of nitrogens with zero attached hydrogens (tertiary/aromatic N) is 2. The van der Waals surface area contributed by atoms with E-state index in [1.807, 2.05) is 41.3 Å². The Morgan fingerprint density at radius 1 is 1.11 bits per heavy atom. The fraction of sp³-hybridized carbons (Fsp3) is 0.440. The monoisotopic (exact) mass is 558 g/mol. The van der Waals surface area contributed by atoms with Crippen molar-refractivity contribution in [3.8, 4) is 0 Å². The Kier molecular flexibility index (Phi) is 11.4. The van der Waals surface area contributed by atoms with Gasteiger partial charge in [0.1, 0.15) is 0 Å². The van der Waals surface area contributed by atoms with Gasteiger partial charge in [-0.15, -0.1) is 0 Å². The number of anilines is 2. The van der Waals surface area contributed by atoms with E-state index in [1.54, 1.807) is 12.1 Å². The van der Waals surface area contributed by atoms with Crippen LogP contribution < -0.4 is 14.9 Å². The van der Waals surface area contributed by atoms with Crippen LogP contribution in [-0.2, 0) is 21.4 Å². The van der Waals surface area contributed by atoms with Crippen molar-refractivity contribution in [2.75, 3.05) is 48.6 Å². The Morgan fingerprint density at radius 3 is 2.24 bits per heavy atom. The smallest absolute Gasteiger partial charge is 0.475 e. The summed E-state index contributed by atoms with van der Waals surface area (Å²) in [7, 11) is -3.48. The number of amides is 1. The second-order valence-electron chi connectivity index (χ2n) is 8.71. The predicted octanol–water partition coefficient (Wildman–Crippen LogP) is 3.54. The molecule has 9 nitrogen and oxygen atoms in total. The topological polar surface area (TPSA) is 119 Å². The zero-order valence-electron chi connectivity index (χ0n) is 21.3. The van der Waals surface area contributed by atoms with Gasteiger partial charge in [0, 0.05) is 44.8 Å². The molecular weight excluding hydrogens is 525 g/mol. The van der Waals surface area contributed by atoms with E-state index >= 15 is 0 Å². The number of hydrogen-bond acceptors (Lipinski definition) is 6. The zero-order chi connectivity index (χ0) is 28.3. The fourth-order valence-corrected chi connectivity index (χ4v) is 4.28. The Bertz CT molecular complexity index is 1170. The first kappa shape index (κ1) is 30.9. The minimum Gasteiger partial charge on any atom is -0.475 e. The van der Waals surface area contributed by atoms with Gasteiger partial charge in [-0.3, -0.25) is 9.52 Å².